The van der Waals surface area contributed by atoms with Crippen LogP contribution >= 0.6 is 0 Å². The van der Waals surface area contributed by atoms with Crippen molar-refractivity contribution in [2.75, 3.05) is 25.7 Å². The summed E-state index contributed by atoms with van der Waals surface area (Å²) in [7, 11) is 3.32. The van der Waals surface area contributed by atoms with Crippen LogP contribution in [0.5, 0.6) is 11.5 Å². The van der Waals surface area contributed by atoms with Gasteiger partial charge in [0.05, 0.1) is 56.3 Å². The predicted octanol–water partition coefficient (Wildman–Crippen LogP) is 3.66. The maximum Gasteiger partial charge on any atom is 0.118 e. The molecule has 0 spiro atoms. The van der Waals surface area contributed by atoms with Gasteiger partial charge < -0.3 is 20.9 Å². The number of ether oxygens (including phenoxy) is 2. The Morgan fingerprint density at radius 2 is 1.31 bits per heavy atom. The molecule has 2 aromatic carbocycles. The zero-order chi connectivity index (χ0) is 23.1. The number of methoxy groups -OCH3 is 2. The molecule has 0 fully saturated rings. The number of rotatable bonds is 6. The molecular weight excluding hydrogens is 404 g/mol. The molecular formula is C24H30N6O2. The standard InChI is InChI=1S/2C12H15N3O/c1-9-12(13)7-14-15(9)8-10-3-5-11(16-2)6-4-10;1-9-12(13)8-15(14-9)7-10-3-5-11(16-2)6-4-10/h3-7H,8,13H2,1-2H3;3-6,8H,7,13H2,1-2H3. The van der Waals surface area contributed by atoms with Crippen molar-refractivity contribution in [1.29, 1.82) is 0 Å². The first-order valence-electron chi connectivity index (χ1n) is 10.2. The van der Waals surface area contributed by atoms with E-state index in [0.717, 1.165) is 47.4 Å². The topological polar surface area (TPSA) is 106 Å². The van der Waals surface area contributed by atoms with Crippen LogP contribution in [-0.2, 0) is 13.1 Å². The highest BCUT2D eigenvalue weighted by atomic mass is 16.5. The molecule has 0 aliphatic carbocycles. The number of nitrogen functional groups attached to an aromatic ring is 2. The van der Waals surface area contributed by atoms with E-state index in [4.69, 9.17) is 20.9 Å². The number of anilines is 2. The second kappa shape index (κ2) is 10.4. The van der Waals surface area contributed by atoms with Crippen molar-refractivity contribution in [3.8, 4) is 11.5 Å². The molecule has 0 bridgehead atoms. The van der Waals surface area contributed by atoms with Gasteiger partial charge in [0.25, 0.3) is 0 Å². The highest BCUT2D eigenvalue weighted by molar-refractivity contribution is 5.40. The Hall–Kier alpha value is -3.94. The first-order chi connectivity index (χ1) is 15.4. The molecule has 0 saturated heterocycles. The van der Waals surface area contributed by atoms with E-state index in [1.54, 1.807) is 20.4 Å². The van der Waals surface area contributed by atoms with Crippen LogP contribution in [0.25, 0.3) is 0 Å². The Balaban J connectivity index is 0.000000181. The van der Waals surface area contributed by atoms with Gasteiger partial charge in [-0.05, 0) is 49.2 Å². The van der Waals surface area contributed by atoms with Crippen LogP contribution in [0.4, 0.5) is 11.4 Å². The first-order valence-corrected chi connectivity index (χ1v) is 10.2. The third-order valence-electron chi connectivity index (χ3n) is 5.12. The molecule has 0 aliphatic heterocycles. The molecule has 2 heterocycles. The minimum atomic E-state index is 0.724. The summed E-state index contributed by atoms with van der Waals surface area (Å²) in [5.41, 5.74) is 17.1. The molecule has 0 amide bonds. The van der Waals surface area contributed by atoms with Crippen LogP contribution in [0.15, 0.2) is 60.9 Å². The first kappa shape index (κ1) is 22.7. The smallest absolute Gasteiger partial charge is 0.118 e. The quantitative estimate of drug-likeness (QED) is 0.480. The Morgan fingerprint density at radius 1 is 0.781 bits per heavy atom. The Bertz CT molecular complexity index is 1110. The van der Waals surface area contributed by atoms with Crippen LogP contribution in [-0.4, -0.2) is 33.8 Å². The van der Waals surface area contributed by atoms with Crippen molar-refractivity contribution in [2.45, 2.75) is 26.9 Å². The van der Waals surface area contributed by atoms with Gasteiger partial charge in [0.1, 0.15) is 11.5 Å². The summed E-state index contributed by atoms with van der Waals surface area (Å²) in [5.74, 6) is 1.72. The minimum Gasteiger partial charge on any atom is -0.497 e. The Kier molecular flexibility index (Phi) is 7.38. The van der Waals surface area contributed by atoms with Gasteiger partial charge >= 0.3 is 0 Å². The molecule has 4 aromatic rings. The summed E-state index contributed by atoms with van der Waals surface area (Å²) in [5, 5.41) is 8.52. The monoisotopic (exact) mass is 434 g/mol. The molecule has 0 atom stereocenters. The molecule has 4 N–H and O–H groups in total. The third kappa shape index (κ3) is 5.81. The molecule has 8 heteroatoms. The largest absolute Gasteiger partial charge is 0.497 e. The SMILES string of the molecule is COc1ccc(Cn2cc(N)c(C)n2)cc1.COc1ccc(Cn2ncc(N)c2C)cc1. The third-order valence-corrected chi connectivity index (χ3v) is 5.12. The molecule has 168 valence electrons. The van der Waals surface area contributed by atoms with Crippen molar-refractivity contribution in [3.05, 3.63) is 83.4 Å². The van der Waals surface area contributed by atoms with Gasteiger partial charge in [0, 0.05) is 6.20 Å². The number of hydrogen-bond acceptors (Lipinski definition) is 6. The van der Waals surface area contributed by atoms with Crippen molar-refractivity contribution in [2.24, 2.45) is 0 Å². The fourth-order valence-corrected chi connectivity index (χ4v) is 3.06. The van der Waals surface area contributed by atoms with Gasteiger partial charge in [-0.25, -0.2) is 0 Å². The van der Waals surface area contributed by atoms with Crippen molar-refractivity contribution in [3.63, 3.8) is 0 Å². The van der Waals surface area contributed by atoms with Gasteiger partial charge in [-0.3, -0.25) is 9.36 Å². The summed E-state index contributed by atoms with van der Waals surface area (Å²) in [6.45, 7) is 5.32. The average Bonchev–Trinajstić information content (AvgIpc) is 3.30. The predicted molar refractivity (Wildman–Crippen MR) is 127 cm³/mol. The Labute approximate surface area is 188 Å². The van der Waals surface area contributed by atoms with Gasteiger partial charge in [-0.2, -0.15) is 10.2 Å². The molecule has 32 heavy (non-hydrogen) atoms. The number of aromatic nitrogens is 4. The van der Waals surface area contributed by atoms with Crippen molar-refractivity contribution >= 4 is 11.4 Å². The van der Waals surface area contributed by atoms with E-state index in [1.165, 1.54) is 11.1 Å². The van der Waals surface area contributed by atoms with Gasteiger partial charge in [-0.1, -0.05) is 24.3 Å². The van der Waals surface area contributed by atoms with Crippen LogP contribution in [0, 0.1) is 13.8 Å². The number of nitrogens with zero attached hydrogens (tertiary/aromatic N) is 4. The van der Waals surface area contributed by atoms with Crippen LogP contribution < -0.4 is 20.9 Å². The molecule has 8 nitrogen and oxygen atoms in total. The summed E-state index contributed by atoms with van der Waals surface area (Å²) < 4.78 is 13.9. The fraction of sp³-hybridized carbons (Fsp3) is 0.250. The fourth-order valence-electron chi connectivity index (χ4n) is 3.06. The normalized spacial score (nSPS) is 10.4. The lowest BCUT2D eigenvalue weighted by molar-refractivity contribution is 0.414. The molecule has 0 unspecified atom stereocenters. The lowest BCUT2D eigenvalue weighted by Crippen LogP contribution is -2.04. The lowest BCUT2D eigenvalue weighted by atomic mass is 10.2. The zero-order valence-corrected chi connectivity index (χ0v) is 18.9. The van der Waals surface area contributed by atoms with E-state index in [1.807, 2.05) is 77.9 Å². The second-order valence-electron chi connectivity index (χ2n) is 7.41. The van der Waals surface area contributed by atoms with Crippen LogP contribution in [0.3, 0.4) is 0 Å². The molecule has 0 radical (unpaired) electrons. The van der Waals surface area contributed by atoms with Crippen molar-refractivity contribution < 1.29 is 9.47 Å². The summed E-state index contributed by atoms with van der Waals surface area (Å²) in [4.78, 5) is 0. The maximum atomic E-state index is 5.74. The van der Waals surface area contributed by atoms with E-state index in [9.17, 15) is 0 Å². The van der Waals surface area contributed by atoms with E-state index in [0.29, 0.717) is 0 Å². The molecule has 4 rings (SSSR count). The molecule has 0 aliphatic rings. The number of nitrogens with two attached hydrogens (primary N) is 2. The number of benzene rings is 2. The molecule has 0 saturated carbocycles. The van der Waals surface area contributed by atoms with E-state index in [2.05, 4.69) is 10.2 Å². The van der Waals surface area contributed by atoms with Crippen LogP contribution in [0.1, 0.15) is 22.5 Å². The number of hydrogen-bond donors (Lipinski definition) is 2. The highest BCUT2D eigenvalue weighted by Crippen LogP contribution is 2.15. The zero-order valence-electron chi connectivity index (χ0n) is 18.9. The number of aryl methyl sites for hydroxylation is 1. The lowest BCUT2D eigenvalue weighted by Gasteiger charge is -2.06. The summed E-state index contributed by atoms with van der Waals surface area (Å²) >= 11 is 0. The summed E-state index contributed by atoms with van der Waals surface area (Å²) in [6, 6.07) is 15.9. The molecule has 2 aromatic heterocycles. The summed E-state index contributed by atoms with van der Waals surface area (Å²) in [6.07, 6.45) is 3.53. The van der Waals surface area contributed by atoms with Crippen molar-refractivity contribution in [1.82, 2.24) is 19.6 Å². The Morgan fingerprint density at radius 3 is 1.72 bits per heavy atom. The van der Waals surface area contributed by atoms with E-state index in [-0.39, 0.29) is 0 Å². The maximum absolute atomic E-state index is 5.74. The highest BCUT2D eigenvalue weighted by Gasteiger charge is 2.04. The van der Waals surface area contributed by atoms with E-state index >= 15 is 0 Å². The average molecular weight is 435 g/mol. The van der Waals surface area contributed by atoms with Gasteiger partial charge in [-0.15, -0.1) is 0 Å². The van der Waals surface area contributed by atoms with Crippen LogP contribution in [0.2, 0.25) is 0 Å². The second-order valence-corrected chi connectivity index (χ2v) is 7.41. The van der Waals surface area contributed by atoms with Gasteiger partial charge in [0.15, 0.2) is 0 Å². The minimum absolute atomic E-state index is 0.724. The van der Waals surface area contributed by atoms with Gasteiger partial charge in [0.2, 0.25) is 0 Å². The van der Waals surface area contributed by atoms with E-state index < -0.39 is 0 Å².